The molecule has 0 N–H and O–H groups in total. The van der Waals surface area contributed by atoms with Gasteiger partial charge in [0.2, 0.25) is 0 Å². The monoisotopic (exact) mass is 407 g/mol. The van der Waals surface area contributed by atoms with Crippen LogP contribution in [0.15, 0.2) is 54.7 Å². The largest absolute Gasteiger partial charge is 0.482 e. The smallest absolute Gasteiger partial charge is 0.269 e. The fraction of sp³-hybridized carbons (Fsp3) is 0.273. The summed E-state index contributed by atoms with van der Waals surface area (Å²) in [5.74, 6) is 0.213. The molecule has 4 rings (SSSR count). The second kappa shape index (κ2) is 8.36. The molecule has 0 bridgehead atoms. The maximum absolute atomic E-state index is 12.6. The van der Waals surface area contributed by atoms with E-state index in [2.05, 4.69) is 0 Å². The highest BCUT2D eigenvalue weighted by atomic mass is 16.6. The van der Waals surface area contributed by atoms with Crippen LogP contribution in [-0.4, -0.2) is 41.3 Å². The van der Waals surface area contributed by atoms with Crippen molar-refractivity contribution in [2.75, 3.05) is 24.6 Å². The molecule has 0 aromatic heterocycles. The van der Waals surface area contributed by atoms with E-state index in [1.54, 1.807) is 42.6 Å². The number of benzene rings is 2. The van der Waals surface area contributed by atoms with Gasteiger partial charge in [-0.3, -0.25) is 24.6 Å². The molecule has 1 saturated heterocycles. The van der Waals surface area contributed by atoms with Crippen molar-refractivity contribution >= 4 is 28.9 Å². The molecule has 30 heavy (non-hydrogen) atoms. The summed E-state index contributed by atoms with van der Waals surface area (Å²) in [6.45, 7) is 1.42. The van der Waals surface area contributed by atoms with E-state index in [4.69, 9.17) is 4.74 Å². The number of likely N-dealkylation sites (tertiary alicyclic amines) is 1. The number of rotatable bonds is 4. The average molecular weight is 407 g/mol. The van der Waals surface area contributed by atoms with Gasteiger partial charge in [0.15, 0.2) is 6.61 Å². The van der Waals surface area contributed by atoms with Gasteiger partial charge in [-0.15, -0.1) is 0 Å². The molecule has 0 spiro atoms. The van der Waals surface area contributed by atoms with Gasteiger partial charge < -0.3 is 9.64 Å². The summed E-state index contributed by atoms with van der Waals surface area (Å²) in [5.41, 5.74) is 1.84. The first kappa shape index (κ1) is 19.6. The number of nitro benzene ring substituents is 1. The van der Waals surface area contributed by atoms with E-state index >= 15 is 0 Å². The highest BCUT2D eigenvalue weighted by Gasteiger charge is 2.24. The van der Waals surface area contributed by atoms with Gasteiger partial charge in [0, 0.05) is 42.0 Å². The third kappa shape index (κ3) is 4.03. The van der Waals surface area contributed by atoms with Gasteiger partial charge >= 0.3 is 0 Å². The minimum absolute atomic E-state index is 0.0108. The highest BCUT2D eigenvalue weighted by molar-refractivity contribution is 6.00. The van der Waals surface area contributed by atoms with Gasteiger partial charge in [0.05, 0.1) is 11.1 Å². The van der Waals surface area contributed by atoms with E-state index in [9.17, 15) is 19.7 Å². The Bertz CT molecular complexity index is 992. The van der Waals surface area contributed by atoms with E-state index in [1.807, 2.05) is 4.90 Å². The first-order valence-electron chi connectivity index (χ1n) is 9.84. The van der Waals surface area contributed by atoms with Gasteiger partial charge in [0.25, 0.3) is 17.5 Å². The minimum atomic E-state index is -0.470. The fourth-order valence-electron chi connectivity index (χ4n) is 3.60. The second-order valence-corrected chi connectivity index (χ2v) is 7.25. The van der Waals surface area contributed by atoms with Gasteiger partial charge in [0.1, 0.15) is 5.76 Å². The lowest BCUT2D eigenvalue weighted by Crippen LogP contribution is -2.35. The lowest BCUT2D eigenvalue weighted by Gasteiger charge is -2.27. The number of hydrogen-bond donors (Lipinski definition) is 0. The lowest BCUT2D eigenvalue weighted by molar-refractivity contribution is -0.384. The molecule has 0 aliphatic carbocycles. The Morgan fingerprint density at radius 1 is 0.967 bits per heavy atom. The Hall–Kier alpha value is -3.68. The Kier molecular flexibility index (Phi) is 5.47. The standard InChI is InChI=1S/C22H21N3O5/c26-21-15-30-20(16-4-10-19(11-5-16)25(28)29)14-24(21)18-8-6-17(7-9-18)22(27)23-12-2-1-3-13-23/h4-11,14H,1-3,12-13,15H2. The Balaban J connectivity index is 1.54. The first-order chi connectivity index (χ1) is 14.5. The number of piperidine rings is 1. The molecule has 2 heterocycles. The molecule has 2 aromatic rings. The zero-order valence-electron chi connectivity index (χ0n) is 16.3. The van der Waals surface area contributed by atoms with Crippen molar-refractivity contribution in [1.82, 2.24) is 4.90 Å². The van der Waals surface area contributed by atoms with Crippen molar-refractivity contribution < 1.29 is 19.2 Å². The van der Waals surface area contributed by atoms with Crippen molar-refractivity contribution in [2.24, 2.45) is 0 Å². The van der Waals surface area contributed by atoms with Crippen molar-refractivity contribution in [1.29, 1.82) is 0 Å². The molecule has 2 aliphatic rings. The average Bonchev–Trinajstić information content (AvgIpc) is 2.80. The summed E-state index contributed by atoms with van der Waals surface area (Å²) in [5, 5.41) is 10.8. The summed E-state index contributed by atoms with van der Waals surface area (Å²) in [4.78, 5) is 38.7. The molecule has 0 unspecified atom stereocenters. The van der Waals surface area contributed by atoms with Crippen LogP contribution < -0.4 is 4.90 Å². The number of ether oxygens (including phenoxy) is 1. The summed E-state index contributed by atoms with van der Waals surface area (Å²) in [6.07, 6.45) is 4.78. The van der Waals surface area contributed by atoms with Crippen LogP contribution in [0.5, 0.6) is 0 Å². The summed E-state index contributed by atoms with van der Waals surface area (Å²) >= 11 is 0. The van der Waals surface area contributed by atoms with E-state index in [0.717, 1.165) is 32.4 Å². The zero-order chi connectivity index (χ0) is 21.1. The molecule has 0 saturated carbocycles. The van der Waals surface area contributed by atoms with Crippen LogP contribution in [-0.2, 0) is 9.53 Å². The number of carbonyl (C=O) groups is 2. The van der Waals surface area contributed by atoms with Gasteiger partial charge in [-0.25, -0.2) is 0 Å². The van der Waals surface area contributed by atoms with Gasteiger partial charge in [-0.05, 0) is 55.7 Å². The highest BCUT2D eigenvalue weighted by Crippen LogP contribution is 2.27. The Morgan fingerprint density at radius 2 is 1.63 bits per heavy atom. The molecule has 2 amide bonds. The minimum Gasteiger partial charge on any atom is -0.482 e. The molecule has 0 atom stereocenters. The Morgan fingerprint density at radius 3 is 2.27 bits per heavy atom. The number of non-ortho nitro benzene ring substituents is 1. The fourth-order valence-corrected chi connectivity index (χ4v) is 3.60. The topological polar surface area (TPSA) is 93.0 Å². The van der Waals surface area contributed by atoms with Crippen LogP contribution in [0.4, 0.5) is 11.4 Å². The van der Waals surface area contributed by atoms with Crippen LogP contribution in [0.2, 0.25) is 0 Å². The number of nitrogens with zero attached hydrogens (tertiary/aromatic N) is 3. The first-order valence-corrected chi connectivity index (χ1v) is 9.84. The van der Waals surface area contributed by atoms with Crippen LogP contribution in [0.3, 0.4) is 0 Å². The Labute approximate surface area is 173 Å². The normalized spacial score (nSPS) is 16.7. The summed E-state index contributed by atoms with van der Waals surface area (Å²) in [6, 6.07) is 12.9. The SMILES string of the molecule is O=C(c1ccc(N2C=C(c3ccc([N+](=O)[O-])cc3)OCC2=O)cc1)N1CCCCC1. The lowest BCUT2D eigenvalue weighted by atomic mass is 10.1. The maximum Gasteiger partial charge on any atom is 0.269 e. The molecule has 2 aliphatic heterocycles. The summed E-state index contributed by atoms with van der Waals surface area (Å²) in [7, 11) is 0. The van der Waals surface area contributed by atoms with Crippen LogP contribution in [0.1, 0.15) is 35.2 Å². The molecule has 8 heteroatoms. The van der Waals surface area contributed by atoms with Crippen LogP contribution in [0.25, 0.3) is 5.76 Å². The van der Waals surface area contributed by atoms with Crippen molar-refractivity contribution in [3.8, 4) is 0 Å². The molecule has 1 fully saturated rings. The quantitative estimate of drug-likeness (QED) is 0.570. The number of carbonyl (C=O) groups excluding carboxylic acids is 2. The van der Waals surface area contributed by atoms with Gasteiger partial charge in [-0.2, -0.15) is 0 Å². The van der Waals surface area contributed by atoms with Gasteiger partial charge in [-0.1, -0.05) is 0 Å². The number of amides is 2. The molecule has 154 valence electrons. The molecular weight excluding hydrogens is 386 g/mol. The van der Waals surface area contributed by atoms with E-state index < -0.39 is 4.92 Å². The molecule has 8 nitrogen and oxygen atoms in total. The molecule has 0 radical (unpaired) electrons. The molecular formula is C22H21N3O5. The maximum atomic E-state index is 12.6. The third-order valence-electron chi connectivity index (χ3n) is 5.26. The van der Waals surface area contributed by atoms with E-state index in [0.29, 0.717) is 22.6 Å². The predicted octanol–water partition coefficient (Wildman–Crippen LogP) is 3.58. The third-order valence-corrected chi connectivity index (χ3v) is 5.26. The van der Waals surface area contributed by atoms with Crippen molar-refractivity contribution in [3.63, 3.8) is 0 Å². The predicted molar refractivity (Wildman–Crippen MR) is 111 cm³/mol. The number of hydrogen-bond acceptors (Lipinski definition) is 5. The number of nitro groups is 1. The van der Waals surface area contributed by atoms with Crippen LogP contribution in [0, 0.1) is 10.1 Å². The van der Waals surface area contributed by atoms with Crippen molar-refractivity contribution in [2.45, 2.75) is 19.3 Å². The van der Waals surface area contributed by atoms with Crippen LogP contribution >= 0.6 is 0 Å². The number of anilines is 1. The molecule has 2 aromatic carbocycles. The van der Waals surface area contributed by atoms with Crippen molar-refractivity contribution in [3.05, 3.63) is 76.0 Å². The second-order valence-electron chi connectivity index (χ2n) is 7.25. The zero-order valence-corrected chi connectivity index (χ0v) is 16.3. The van der Waals surface area contributed by atoms with E-state index in [1.165, 1.54) is 17.0 Å². The van der Waals surface area contributed by atoms with E-state index in [-0.39, 0.29) is 24.1 Å². The summed E-state index contributed by atoms with van der Waals surface area (Å²) < 4.78 is 5.51.